The van der Waals surface area contributed by atoms with Crippen LogP contribution in [0.15, 0.2) is 35.6 Å². The van der Waals surface area contributed by atoms with Crippen molar-refractivity contribution in [1.82, 2.24) is 10.3 Å². The van der Waals surface area contributed by atoms with Crippen molar-refractivity contribution in [2.75, 3.05) is 6.54 Å². The number of allylic oxidation sites excluding steroid dienone is 2. The lowest BCUT2D eigenvalue weighted by molar-refractivity contribution is -0.114. The fourth-order valence-electron chi connectivity index (χ4n) is 2.36. The van der Waals surface area contributed by atoms with Gasteiger partial charge in [0.1, 0.15) is 0 Å². The maximum Gasteiger partial charge on any atom is 0.246 e. The molecule has 2 aliphatic rings. The number of aryl methyl sites for hydroxylation is 1. The zero-order chi connectivity index (χ0) is 11.8. The van der Waals surface area contributed by atoms with E-state index in [0.717, 1.165) is 29.8 Å². The van der Waals surface area contributed by atoms with Crippen LogP contribution in [0.25, 0.3) is 5.70 Å². The Bertz CT molecular complexity index is 558. The minimum atomic E-state index is -0.351. The molecule has 0 unspecified atom stereocenters. The highest BCUT2D eigenvalue weighted by Crippen LogP contribution is 2.31. The van der Waals surface area contributed by atoms with E-state index in [1.54, 1.807) is 6.20 Å². The number of hydrogen-bond acceptors (Lipinski definition) is 3. The summed E-state index contributed by atoms with van der Waals surface area (Å²) in [7, 11) is 0. The molecule has 1 aromatic heterocycles. The lowest BCUT2D eigenvalue weighted by atomic mass is 9.89. The van der Waals surface area contributed by atoms with Crippen LogP contribution in [-0.4, -0.2) is 17.4 Å². The minimum absolute atomic E-state index is 0.351. The van der Waals surface area contributed by atoms with Crippen LogP contribution in [0.1, 0.15) is 17.7 Å². The number of nitrogens with zero attached hydrogens (tertiary/aromatic N) is 1. The molecule has 0 saturated carbocycles. The number of carbonyl (C=O) groups excluding carboxylic acids is 1. The van der Waals surface area contributed by atoms with E-state index in [0.29, 0.717) is 12.1 Å². The van der Waals surface area contributed by atoms with Crippen LogP contribution in [-0.2, 0) is 11.2 Å². The number of nitrogens with one attached hydrogen (secondary N) is 1. The third-order valence-electron chi connectivity index (χ3n) is 3.23. The van der Waals surface area contributed by atoms with E-state index in [-0.39, 0.29) is 5.91 Å². The van der Waals surface area contributed by atoms with E-state index in [2.05, 4.69) is 16.4 Å². The van der Waals surface area contributed by atoms with Gasteiger partial charge in [0.05, 0.1) is 11.4 Å². The third kappa shape index (κ3) is 1.62. The highest BCUT2D eigenvalue weighted by Gasteiger charge is 2.23. The Morgan fingerprint density at radius 1 is 1.41 bits per heavy atom. The molecule has 3 rings (SSSR count). The van der Waals surface area contributed by atoms with Gasteiger partial charge >= 0.3 is 0 Å². The van der Waals surface area contributed by atoms with Crippen molar-refractivity contribution in [3.8, 4) is 0 Å². The van der Waals surface area contributed by atoms with Crippen LogP contribution < -0.4 is 11.1 Å². The number of aromatic nitrogens is 1. The largest absolute Gasteiger partial charge is 0.379 e. The quantitative estimate of drug-likeness (QED) is 0.744. The first-order valence-corrected chi connectivity index (χ1v) is 5.67. The van der Waals surface area contributed by atoms with Gasteiger partial charge in [0.25, 0.3) is 0 Å². The number of primary amides is 1. The number of dihydropyridines is 1. The fourth-order valence-corrected chi connectivity index (χ4v) is 2.36. The van der Waals surface area contributed by atoms with Crippen molar-refractivity contribution in [2.24, 2.45) is 5.73 Å². The summed E-state index contributed by atoms with van der Waals surface area (Å²) in [4.78, 5) is 15.6. The first-order chi connectivity index (χ1) is 8.25. The standard InChI is InChI=1S/C13H13N3O/c14-13(17)10-6-9-4-3-8-2-1-5-15-11(8)12(9)16-7-10/h1-2,5-6,16H,3-4,7H2,(H2,14,17). The summed E-state index contributed by atoms with van der Waals surface area (Å²) in [5, 5.41) is 3.26. The maximum absolute atomic E-state index is 11.2. The van der Waals surface area contributed by atoms with Gasteiger partial charge in [0, 0.05) is 18.3 Å². The number of rotatable bonds is 1. The van der Waals surface area contributed by atoms with Crippen molar-refractivity contribution in [3.63, 3.8) is 0 Å². The summed E-state index contributed by atoms with van der Waals surface area (Å²) < 4.78 is 0. The van der Waals surface area contributed by atoms with E-state index in [4.69, 9.17) is 5.73 Å². The number of nitrogens with two attached hydrogens (primary N) is 1. The van der Waals surface area contributed by atoms with E-state index in [1.807, 2.05) is 12.1 Å². The summed E-state index contributed by atoms with van der Waals surface area (Å²) in [5.41, 5.74) is 10.4. The first-order valence-electron chi connectivity index (χ1n) is 5.67. The van der Waals surface area contributed by atoms with E-state index >= 15 is 0 Å². The van der Waals surface area contributed by atoms with Crippen LogP contribution in [0.4, 0.5) is 0 Å². The molecule has 2 heterocycles. The van der Waals surface area contributed by atoms with Gasteiger partial charge in [-0.15, -0.1) is 0 Å². The molecular weight excluding hydrogens is 214 g/mol. The highest BCUT2D eigenvalue weighted by atomic mass is 16.1. The number of fused-ring (bicyclic) bond motifs is 2. The van der Waals surface area contributed by atoms with E-state index in [9.17, 15) is 4.79 Å². The van der Waals surface area contributed by atoms with Gasteiger partial charge in [-0.2, -0.15) is 0 Å². The topological polar surface area (TPSA) is 68.0 Å². The lowest BCUT2D eigenvalue weighted by Gasteiger charge is -2.26. The minimum Gasteiger partial charge on any atom is -0.379 e. The van der Waals surface area contributed by atoms with Gasteiger partial charge in [-0.05, 0) is 36.1 Å². The van der Waals surface area contributed by atoms with Crippen LogP contribution in [0.5, 0.6) is 0 Å². The second kappa shape index (κ2) is 3.73. The second-order valence-corrected chi connectivity index (χ2v) is 4.30. The van der Waals surface area contributed by atoms with Gasteiger partial charge in [0.2, 0.25) is 5.91 Å². The van der Waals surface area contributed by atoms with Crippen LogP contribution in [0.3, 0.4) is 0 Å². The molecule has 1 aromatic rings. The molecule has 1 aliphatic heterocycles. The highest BCUT2D eigenvalue weighted by molar-refractivity contribution is 5.94. The Morgan fingerprint density at radius 2 is 2.29 bits per heavy atom. The first kappa shape index (κ1) is 10.1. The molecule has 1 aliphatic carbocycles. The van der Waals surface area contributed by atoms with Crippen molar-refractivity contribution >= 4 is 11.6 Å². The molecule has 86 valence electrons. The zero-order valence-electron chi connectivity index (χ0n) is 9.36. The van der Waals surface area contributed by atoms with Crippen LogP contribution in [0, 0.1) is 0 Å². The van der Waals surface area contributed by atoms with Gasteiger partial charge in [-0.25, -0.2) is 0 Å². The average molecular weight is 227 g/mol. The predicted molar refractivity (Wildman–Crippen MR) is 64.8 cm³/mol. The van der Waals surface area contributed by atoms with Gasteiger partial charge in [-0.1, -0.05) is 6.07 Å². The van der Waals surface area contributed by atoms with Crippen molar-refractivity contribution in [2.45, 2.75) is 12.8 Å². The van der Waals surface area contributed by atoms with E-state index in [1.165, 1.54) is 5.56 Å². The zero-order valence-corrected chi connectivity index (χ0v) is 9.36. The SMILES string of the molecule is NC(=O)C1=CC2=C(NC1)c1ncccc1CC2. The Balaban J connectivity index is 2.09. The Labute approximate surface area is 99.2 Å². The third-order valence-corrected chi connectivity index (χ3v) is 3.23. The van der Waals surface area contributed by atoms with E-state index < -0.39 is 0 Å². The molecule has 0 spiro atoms. The normalized spacial score (nSPS) is 17.8. The molecule has 1 amide bonds. The molecule has 0 saturated heterocycles. The van der Waals surface area contributed by atoms with Crippen molar-refractivity contribution in [3.05, 3.63) is 46.8 Å². The number of carbonyl (C=O) groups is 1. The molecule has 0 fully saturated rings. The monoisotopic (exact) mass is 227 g/mol. The number of hydrogen-bond donors (Lipinski definition) is 2. The van der Waals surface area contributed by atoms with Gasteiger partial charge < -0.3 is 11.1 Å². The summed E-state index contributed by atoms with van der Waals surface area (Å²) >= 11 is 0. The van der Waals surface area contributed by atoms with Crippen molar-refractivity contribution < 1.29 is 4.79 Å². The van der Waals surface area contributed by atoms with Crippen molar-refractivity contribution in [1.29, 1.82) is 0 Å². The predicted octanol–water partition coefficient (Wildman–Crippen LogP) is 0.754. The Kier molecular flexibility index (Phi) is 2.21. The summed E-state index contributed by atoms with van der Waals surface area (Å²) in [6, 6.07) is 4.05. The molecule has 0 radical (unpaired) electrons. The molecule has 0 bridgehead atoms. The molecular formula is C13H13N3O. The summed E-state index contributed by atoms with van der Waals surface area (Å²) in [5.74, 6) is -0.351. The fraction of sp³-hybridized carbons (Fsp3) is 0.231. The second-order valence-electron chi connectivity index (χ2n) is 4.30. The smallest absolute Gasteiger partial charge is 0.246 e. The molecule has 0 atom stereocenters. The van der Waals surface area contributed by atoms with Crippen LogP contribution in [0.2, 0.25) is 0 Å². The van der Waals surface area contributed by atoms with Crippen LogP contribution >= 0.6 is 0 Å². The molecule has 4 nitrogen and oxygen atoms in total. The Hall–Kier alpha value is -2.10. The Morgan fingerprint density at radius 3 is 3.12 bits per heavy atom. The molecule has 3 N–H and O–H groups in total. The maximum atomic E-state index is 11.2. The molecule has 17 heavy (non-hydrogen) atoms. The average Bonchev–Trinajstić information content (AvgIpc) is 2.38. The number of amides is 1. The number of pyridine rings is 1. The lowest BCUT2D eigenvalue weighted by Crippen LogP contribution is -2.30. The molecule has 0 aromatic carbocycles. The summed E-state index contributed by atoms with van der Waals surface area (Å²) in [6.07, 6.45) is 5.60. The van der Waals surface area contributed by atoms with Gasteiger partial charge in [-0.3, -0.25) is 9.78 Å². The van der Waals surface area contributed by atoms with Gasteiger partial charge in [0.15, 0.2) is 0 Å². The molecule has 4 heteroatoms. The summed E-state index contributed by atoms with van der Waals surface area (Å²) in [6.45, 7) is 0.490.